The molecule has 0 spiro atoms. The molecule has 2 N–H and O–H groups in total. The van der Waals surface area contributed by atoms with Crippen LogP contribution in [0.3, 0.4) is 0 Å². The van der Waals surface area contributed by atoms with Gasteiger partial charge < -0.3 is 14.8 Å². The van der Waals surface area contributed by atoms with E-state index in [2.05, 4.69) is 18.7 Å². The first-order chi connectivity index (χ1) is 10.0. The highest BCUT2D eigenvalue weighted by Gasteiger charge is 2.18. The summed E-state index contributed by atoms with van der Waals surface area (Å²) in [5, 5.41) is 18.4. The molecular weight excluding hydrogens is 272 g/mol. The lowest BCUT2D eigenvalue weighted by Gasteiger charge is -2.30. The Hall–Kier alpha value is -0.945. The van der Waals surface area contributed by atoms with Crippen LogP contribution in [0.15, 0.2) is 18.2 Å². The Bertz CT molecular complexity index is 427. The number of nitrogens with zero attached hydrogens (tertiary/aromatic N) is 1. The van der Waals surface area contributed by atoms with Gasteiger partial charge >= 0.3 is 7.12 Å². The highest BCUT2D eigenvalue weighted by atomic mass is 19.1. The number of hydrogen-bond donors (Lipinski definition) is 2. The van der Waals surface area contributed by atoms with Gasteiger partial charge in [-0.25, -0.2) is 4.39 Å². The van der Waals surface area contributed by atoms with Gasteiger partial charge in [-0.2, -0.15) is 0 Å². The molecule has 0 unspecified atom stereocenters. The number of hydrogen-bond acceptors (Lipinski definition) is 4. The van der Waals surface area contributed by atoms with Crippen LogP contribution in [0.2, 0.25) is 0 Å². The van der Waals surface area contributed by atoms with Crippen molar-refractivity contribution in [3.63, 3.8) is 0 Å². The first-order valence-electron chi connectivity index (χ1n) is 7.40. The molecule has 1 aromatic carbocycles. The molecule has 4 nitrogen and oxygen atoms in total. The molecule has 0 heterocycles. The fourth-order valence-electron chi connectivity index (χ4n) is 2.55. The van der Waals surface area contributed by atoms with E-state index in [9.17, 15) is 14.4 Å². The summed E-state index contributed by atoms with van der Waals surface area (Å²) in [6, 6.07) is 4.61. The normalized spacial score (nSPS) is 11.4. The average molecular weight is 297 g/mol. The van der Waals surface area contributed by atoms with Gasteiger partial charge in [0.05, 0.1) is 6.61 Å². The highest BCUT2D eigenvalue weighted by Crippen LogP contribution is 2.14. The van der Waals surface area contributed by atoms with Crippen molar-refractivity contribution >= 4 is 12.6 Å². The van der Waals surface area contributed by atoms with Gasteiger partial charge in [-0.1, -0.05) is 19.9 Å². The molecule has 1 aromatic rings. The standard InChI is InChI=1S/C15H25BFNO3/c1-4-15(5-2)18(6-7-21-3)11-12-8-13(16(19)20)10-14(17)9-12/h8-10,15,19-20H,4-7,11H2,1-3H3. The molecule has 0 aliphatic carbocycles. The third kappa shape index (κ3) is 5.75. The Morgan fingerprint density at radius 3 is 2.43 bits per heavy atom. The zero-order chi connectivity index (χ0) is 15.8. The molecule has 118 valence electrons. The summed E-state index contributed by atoms with van der Waals surface area (Å²) in [6.07, 6.45) is 2.01. The SMILES string of the molecule is CCC(CC)N(CCOC)Cc1cc(F)cc(B(O)O)c1. The maximum Gasteiger partial charge on any atom is 0.488 e. The Balaban J connectivity index is 2.91. The van der Waals surface area contributed by atoms with E-state index in [0.29, 0.717) is 19.2 Å². The summed E-state index contributed by atoms with van der Waals surface area (Å²) in [5.41, 5.74) is 0.919. The Labute approximate surface area is 126 Å². The maximum atomic E-state index is 13.6. The zero-order valence-corrected chi connectivity index (χ0v) is 13.1. The van der Waals surface area contributed by atoms with Crippen molar-refractivity contribution in [3.8, 4) is 0 Å². The second-order valence-electron chi connectivity index (χ2n) is 5.20. The number of rotatable bonds is 9. The van der Waals surface area contributed by atoms with Crippen LogP contribution in [0, 0.1) is 5.82 Å². The third-order valence-electron chi connectivity index (χ3n) is 3.71. The smallest absolute Gasteiger partial charge is 0.423 e. The van der Waals surface area contributed by atoms with Gasteiger partial charge in [0.2, 0.25) is 0 Å². The summed E-state index contributed by atoms with van der Waals surface area (Å²) < 4.78 is 18.7. The minimum absolute atomic E-state index is 0.182. The van der Waals surface area contributed by atoms with E-state index < -0.39 is 12.9 Å². The summed E-state index contributed by atoms with van der Waals surface area (Å²) in [6.45, 7) is 6.19. The molecule has 0 aliphatic rings. The Morgan fingerprint density at radius 1 is 1.24 bits per heavy atom. The molecule has 0 amide bonds. The van der Waals surface area contributed by atoms with E-state index in [-0.39, 0.29) is 5.46 Å². The molecule has 21 heavy (non-hydrogen) atoms. The molecule has 0 radical (unpaired) electrons. The minimum atomic E-state index is -1.65. The van der Waals surface area contributed by atoms with Crippen LogP contribution in [0.4, 0.5) is 4.39 Å². The van der Waals surface area contributed by atoms with Crippen molar-refractivity contribution in [3.05, 3.63) is 29.6 Å². The average Bonchev–Trinajstić information content (AvgIpc) is 2.45. The number of methoxy groups -OCH3 is 1. The van der Waals surface area contributed by atoms with Crippen LogP contribution < -0.4 is 5.46 Å². The predicted octanol–water partition coefficient (Wildman–Crippen LogP) is 1.14. The fraction of sp³-hybridized carbons (Fsp3) is 0.600. The van der Waals surface area contributed by atoms with E-state index in [1.807, 2.05) is 0 Å². The molecular formula is C15H25BFNO3. The second-order valence-corrected chi connectivity index (χ2v) is 5.20. The molecule has 0 saturated carbocycles. The van der Waals surface area contributed by atoms with E-state index in [0.717, 1.165) is 31.0 Å². The Morgan fingerprint density at radius 2 is 1.90 bits per heavy atom. The van der Waals surface area contributed by atoms with Crippen LogP contribution >= 0.6 is 0 Å². The van der Waals surface area contributed by atoms with Crippen molar-refractivity contribution in [2.45, 2.75) is 39.3 Å². The van der Waals surface area contributed by atoms with Crippen molar-refractivity contribution in [1.29, 1.82) is 0 Å². The molecule has 0 bridgehead atoms. The first kappa shape index (κ1) is 18.1. The highest BCUT2D eigenvalue weighted by molar-refractivity contribution is 6.58. The van der Waals surface area contributed by atoms with Gasteiger partial charge in [0.25, 0.3) is 0 Å². The zero-order valence-electron chi connectivity index (χ0n) is 13.1. The van der Waals surface area contributed by atoms with Gasteiger partial charge in [0, 0.05) is 26.2 Å². The molecule has 0 atom stereocenters. The van der Waals surface area contributed by atoms with Gasteiger partial charge in [-0.15, -0.1) is 0 Å². The topological polar surface area (TPSA) is 52.9 Å². The number of ether oxygens (including phenoxy) is 1. The third-order valence-corrected chi connectivity index (χ3v) is 3.71. The van der Waals surface area contributed by atoms with E-state index in [1.54, 1.807) is 13.2 Å². The molecule has 0 aliphatic heterocycles. The number of halogens is 1. The summed E-state index contributed by atoms with van der Waals surface area (Å²) >= 11 is 0. The lowest BCUT2D eigenvalue weighted by Crippen LogP contribution is -2.37. The number of benzene rings is 1. The van der Waals surface area contributed by atoms with Crippen molar-refractivity contribution in [1.82, 2.24) is 4.90 Å². The minimum Gasteiger partial charge on any atom is -0.423 e. The Kier molecular flexibility index (Phi) is 7.89. The van der Waals surface area contributed by atoms with Gasteiger partial charge in [0.15, 0.2) is 0 Å². The lowest BCUT2D eigenvalue weighted by atomic mass is 9.79. The van der Waals surface area contributed by atoms with Gasteiger partial charge in [-0.05, 0) is 36.0 Å². The van der Waals surface area contributed by atoms with Crippen LogP contribution in [-0.4, -0.2) is 48.4 Å². The second kappa shape index (κ2) is 9.15. The fourth-order valence-corrected chi connectivity index (χ4v) is 2.55. The van der Waals surface area contributed by atoms with Crippen molar-refractivity contribution in [2.75, 3.05) is 20.3 Å². The largest absolute Gasteiger partial charge is 0.488 e. The van der Waals surface area contributed by atoms with Crippen molar-refractivity contribution < 1.29 is 19.2 Å². The molecule has 1 rings (SSSR count). The quantitative estimate of drug-likeness (QED) is 0.671. The molecule has 0 aromatic heterocycles. The first-order valence-corrected chi connectivity index (χ1v) is 7.40. The van der Waals surface area contributed by atoms with Crippen LogP contribution in [0.1, 0.15) is 32.3 Å². The molecule has 0 saturated heterocycles. The van der Waals surface area contributed by atoms with E-state index in [1.165, 1.54) is 6.07 Å². The van der Waals surface area contributed by atoms with Gasteiger partial charge in [-0.3, -0.25) is 4.90 Å². The summed E-state index contributed by atoms with van der Waals surface area (Å²) in [4.78, 5) is 2.24. The molecule has 6 heteroatoms. The predicted molar refractivity (Wildman–Crippen MR) is 82.9 cm³/mol. The van der Waals surface area contributed by atoms with Crippen LogP contribution in [-0.2, 0) is 11.3 Å². The maximum absolute atomic E-state index is 13.6. The monoisotopic (exact) mass is 297 g/mol. The van der Waals surface area contributed by atoms with Crippen LogP contribution in [0.25, 0.3) is 0 Å². The summed E-state index contributed by atoms with van der Waals surface area (Å²) in [7, 11) is 0.00745. The summed E-state index contributed by atoms with van der Waals surface area (Å²) in [5.74, 6) is -0.452. The lowest BCUT2D eigenvalue weighted by molar-refractivity contribution is 0.110. The van der Waals surface area contributed by atoms with Crippen molar-refractivity contribution in [2.24, 2.45) is 0 Å². The van der Waals surface area contributed by atoms with Gasteiger partial charge in [0.1, 0.15) is 5.82 Å². The van der Waals surface area contributed by atoms with E-state index in [4.69, 9.17) is 4.74 Å². The molecule has 0 fully saturated rings. The van der Waals surface area contributed by atoms with E-state index >= 15 is 0 Å². The van der Waals surface area contributed by atoms with Crippen LogP contribution in [0.5, 0.6) is 0 Å².